The third-order valence-electron chi connectivity index (χ3n) is 4.18. The summed E-state index contributed by atoms with van der Waals surface area (Å²) in [6.45, 7) is 4.37. The number of para-hydroxylation sites is 1. The highest BCUT2D eigenvalue weighted by atomic mass is 16.5. The van der Waals surface area contributed by atoms with Crippen LogP contribution in [0.2, 0.25) is 0 Å². The number of rotatable bonds is 3. The van der Waals surface area contributed by atoms with Gasteiger partial charge in [-0.2, -0.15) is 0 Å². The van der Waals surface area contributed by atoms with Crippen LogP contribution in [-0.4, -0.2) is 4.98 Å². The van der Waals surface area contributed by atoms with Crippen molar-refractivity contribution in [2.24, 2.45) is 0 Å². The van der Waals surface area contributed by atoms with Gasteiger partial charge in [-0.3, -0.25) is 4.98 Å². The Morgan fingerprint density at radius 3 is 2.65 bits per heavy atom. The Kier molecular flexibility index (Phi) is 3.45. The molecule has 3 rings (SSSR count). The average Bonchev–Trinajstić information content (AvgIpc) is 2.54. The van der Waals surface area contributed by atoms with Crippen molar-refractivity contribution in [2.45, 2.75) is 38.5 Å². The van der Waals surface area contributed by atoms with E-state index in [4.69, 9.17) is 4.74 Å². The fourth-order valence-electron chi connectivity index (χ4n) is 2.95. The van der Waals surface area contributed by atoms with E-state index in [1.807, 2.05) is 12.3 Å². The molecular weight excluding hydrogens is 248 g/mol. The number of fused-ring (bicyclic) bond motifs is 1. The minimum Gasteiger partial charge on any atom is -0.356 e. The quantitative estimate of drug-likeness (QED) is 0.904. The van der Waals surface area contributed by atoms with Crippen LogP contribution in [0.15, 0.2) is 48.8 Å². The lowest BCUT2D eigenvalue weighted by atomic mass is 9.85. The second-order valence-electron chi connectivity index (χ2n) is 5.18. The smallest absolute Gasteiger partial charge is 0.156 e. The molecule has 1 aromatic heterocycles. The maximum absolute atomic E-state index is 6.43. The van der Waals surface area contributed by atoms with Crippen LogP contribution in [0.4, 0.5) is 5.69 Å². The van der Waals surface area contributed by atoms with Gasteiger partial charge in [-0.1, -0.05) is 38.1 Å². The first-order valence-electron chi connectivity index (χ1n) is 7.23. The monoisotopic (exact) mass is 268 g/mol. The molecule has 1 N–H and O–H groups in total. The highest BCUT2D eigenvalue weighted by Crippen LogP contribution is 2.45. The number of nitrogens with zero attached hydrogens (tertiary/aromatic N) is 1. The van der Waals surface area contributed by atoms with Gasteiger partial charge in [0.05, 0.1) is 5.60 Å². The number of ether oxygens (including phenoxy) is 1. The number of nitrogens with one attached hydrogen (secondary N) is 1. The van der Waals surface area contributed by atoms with Crippen LogP contribution in [-0.2, 0) is 10.3 Å². The Hall–Kier alpha value is -1.87. The molecule has 1 aliphatic rings. The van der Waals surface area contributed by atoms with E-state index in [0.717, 1.165) is 24.1 Å². The lowest BCUT2D eigenvalue weighted by molar-refractivity contribution is -0.104. The summed E-state index contributed by atoms with van der Waals surface area (Å²) >= 11 is 0. The zero-order valence-electron chi connectivity index (χ0n) is 12.0. The first-order chi connectivity index (χ1) is 9.79. The van der Waals surface area contributed by atoms with E-state index >= 15 is 0 Å². The summed E-state index contributed by atoms with van der Waals surface area (Å²) in [4.78, 5) is 4.20. The minimum absolute atomic E-state index is 0.140. The fraction of sp³-hybridized carbons (Fsp3) is 0.353. The third kappa shape index (κ3) is 2.08. The molecule has 0 spiro atoms. The summed E-state index contributed by atoms with van der Waals surface area (Å²) in [6, 6.07) is 12.4. The predicted octanol–water partition coefficient (Wildman–Crippen LogP) is 4.24. The molecule has 1 atom stereocenters. The maximum atomic E-state index is 6.43. The Morgan fingerprint density at radius 1 is 1.15 bits per heavy atom. The molecule has 0 amide bonds. The lowest BCUT2D eigenvalue weighted by Crippen LogP contribution is -2.37. The second kappa shape index (κ2) is 5.25. The van der Waals surface area contributed by atoms with Crippen LogP contribution < -0.4 is 5.32 Å². The van der Waals surface area contributed by atoms with E-state index < -0.39 is 0 Å². The fourth-order valence-corrected chi connectivity index (χ4v) is 2.95. The second-order valence-corrected chi connectivity index (χ2v) is 5.18. The topological polar surface area (TPSA) is 34.1 Å². The summed E-state index contributed by atoms with van der Waals surface area (Å²) in [6.07, 6.45) is 5.42. The van der Waals surface area contributed by atoms with Crippen molar-refractivity contribution in [1.82, 2.24) is 4.98 Å². The molecule has 2 heterocycles. The van der Waals surface area contributed by atoms with Crippen LogP contribution in [0.3, 0.4) is 0 Å². The number of benzene rings is 1. The van der Waals surface area contributed by atoms with E-state index in [0.29, 0.717) is 0 Å². The van der Waals surface area contributed by atoms with Gasteiger partial charge in [-0.25, -0.2) is 0 Å². The summed E-state index contributed by atoms with van der Waals surface area (Å²) in [7, 11) is 0. The molecule has 3 heteroatoms. The molecule has 2 aromatic rings. The Bertz CT molecular complexity index is 579. The van der Waals surface area contributed by atoms with Crippen LogP contribution in [0.1, 0.15) is 44.0 Å². The molecule has 0 radical (unpaired) electrons. The maximum Gasteiger partial charge on any atom is 0.156 e. The Balaban J connectivity index is 2.05. The molecular formula is C17H20N2O. The predicted molar refractivity (Wildman–Crippen MR) is 80.4 cm³/mol. The van der Waals surface area contributed by atoms with E-state index in [1.54, 1.807) is 6.20 Å². The van der Waals surface area contributed by atoms with Crippen molar-refractivity contribution in [1.29, 1.82) is 0 Å². The van der Waals surface area contributed by atoms with Gasteiger partial charge in [-0.15, -0.1) is 0 Å². The van der Waals surface area contributed by atoms with Crippen molar-refractivity contribution in [3.05, 3.63) is 59.9 Å². The molecule has 0 bridgehead atoms. The summed E-state index contributed by atoms with van der Waals surface area (Å²) in [5.41, 5.74) is 3.26. The van der Waals surface area contributed by atoms with Crippen molar-refractivity contribution in [2.75, 3.05) is 5.32 Å². The van der Waals surface area contributed by atoms with E-state index in [2.05, 4.69) is 54.5 Å². The molecule has 0 saturated carbocycles. The normalized spacial score (nSPS) is 20.0. The van der Waals surface area contributed by atoms with Crippen molar-refractivity contribution in [3.8, 4) is 0 Å². The first-order valence-corrected chi connectivity index (χ1v) is 7.23. The van der Waals surface area contributed by atoms with E-state index in [-0.39, 0.29) is 11.8 Å². The van der Waals surface area contributed by atoms with Gasteiger partial charge >= 0.3 is 0 Å². The third-order valence-corrected chi connectivity index (χ3v) is 4.18. The molecule has 1 aliphatic heterocycles. The van der Waals surface area contributed by atoms with E-state index in [1.165, 1.54) is 5.56 Å². The zero-order valence-corrected chi connectivity index (χ0v) is 12.0. The van der Waals surface area contributed by atoms with Crippen LogP contribution in [0.25, 0.3) is 0 Å². The lowest BCUT2D eigenvalue weighted by Gasteiger charge is -2.42. The minimum atomic E-state index is -0.220. The molecule has 0 saturated heterocycles. The van der Waals surface area contributed by atoms with Gasteiger partial charge in [0.15, 0.2) is 6.23 Å². The van der Waals surface area contributed by atoms with Gasteiger partial charge in [0, 0.05) is 29.2 Å². The van der Waals surface area contributed by atoms with Crippen molar-refractivity contribution >= 4 is 5.69 Å². The van der Waals surface area contributed by atoms with Gasteiger partial charge < -0.3 is 10.1 Å². The first kappa shape index (κ1) is 13.1. The van der Waals surface area contributed by atoms with Gasteiger partial charge in [0.25, 0.3) is 0 Å². The molecule has 1 unspecified atom stereocenters. The standard InChI is InChI=1S/C17H20N2O/c1-3-17(4-2)14-9-5-6-10-15(14)19-16(20-17)13-8-7-11-18-12-13/h5-12,16,19H,3-4H2,1-2H3. The summed E-state index contributed by atoms with van der Waals surface area (Å²) < 4.78 is 6.43. The highest BCUT2D eigenvalue weighted by molar-refractivity contribution is 5.56. The van der Waals surface area contributed by atoms with Crippen molar-refractivity contribution < 1.29 is 4.74 Å². The van der Waals surface area contributed by atoms with Crippen molar-refractivity contribution in [3.63, 3.8) is 0 Å². The average molecular weight is 268 g/mol. The molecule has 20 heavy (non-hydrogen) atoms. The molecule has 0 aliphatic carbocycles. The van der Waals surface area contributed by atoms with Gasteiger partial charge in [0.2, 0.25) is 0 Å². The number of anilines is 1. The van der Waals surface area contributed by atoms with Gasteiger partial charge in [-0.05, 0) is 25.0 Å². The summed E-state index contributed by atoms with van der Waals surface area (Å²) in [5, 5.41) is 3.47. The largest absolute Gasteiger partial charge is 0.356 e. The number of aromatic nitrogens is 1. The number of hydrogen-bond donors (Lipinski definition) is 1. The summed E-state index contributed by atoms with van der Waals surface area (Å²) in [5.74, 6) is 0. The highest BCUT2D eigenvalue weighted by Gasteiger charge is 2.38. The molecule has 1 aromatic carbocycles. The zero-order chi connectivity index (χ0) is 14.0. The van der Waals surface area contributed by atoms with Gasteiger partial charge in [0.1, 0.15) is 0 Å². The number of hydrogen-bond acceptors (Lipinski definition) is 3. The van der Waals surface area contributed by atoms with Crippen LogP contribution >= 0.6 is 0 Å². The molecule has 0 fully saturated rings. The molecule has 104 valence electrons. The SMILES string of the molecule is CCC1(CC)OC(c2cccnc2)Nc2ccccc21. The van der Waals surface area contributed by atoms with Crippen LogP contribution in [0, 0.1) is 0 Å². The Labute approximate surface area is 120 Å². The molecule has 3 nitrogen and oxygen atoms in total. The number of pyridine rings is 1. The van der Waals surface area contributed by atoms with E-state index in [9.17, 15) is 0 Å². The van der Waals surface area contributed by atoms with Crippen LogP contribution in [0.5, 0.6) is 0 Å². The Morgan fingerprint density at radius 2 is 1.95 bits per heavy atom.